The molecule has 2 aromatic heterocycles. The lowest BCUT2D eigenvalue weighted by molar-refractivity contribution is -0.137. The standard InChI is InChI=1S/C32H40F2N4O3/c1-31(2,3)23-14-21(15-24(18-23)32(10-11-32)30(33)34)22(17-28(39)40)16-26-19-27(38(4)37-26)41-13-9-25-8-7-20-6-5-12-35-29(20)36-25/h7-8,14-15,18-19,22,30H,5-6,9-13,16-17H2,1-4H3,(H,35,36)(H,39,40). The number of pyridine rings is 1. The van der Waals surface area contributed by atoms with Crippen LogP contribution in [0.4, 0.5) is 14.6 Å². The van der Waals surface area contributed by atoms with Crippen molar-refractivity contribution < 1.29 is 23.4 Å². The number of aryl methyl sites for hydroxylation is 2. The van der Waals surface area contributed by atoms with Crippen LogP contribution in [-0.2, 0) is 41.9 Å². The number of anilines is 1. The lowest BCUT2D eigenvalue weighted by atomic mass is 9.79. The van der Waals surface area contributed by atoms with Crippen molar-refractivity contribution in [1.29, 1.82) is 0 Å². The van der Waals surface area contributed by atoms with Gasteiger partial charge in [-0.25, -0.2) is 18.4 Å². The number of carbonyl (C=O) groups is 1. The minimum atomic E-state index is -2.45. The predicted octanol–water partition coefficient (Wildman–Crippen LogP) is 6.19. The molecule has 220 valence electrons. The van der Waals surface area contributed by atoms with Crippen molar-refractivity contribution in [2.24, 2.45) is 7.05 Å². The average molecular weight is 567 g/mol. The molecule has 1 aromatic carbocycles. The minimum Gasteiger partial charge on any atom is -0.481 e. The van der Waals surface area contributed by atoms with Gasteiger partial charge in [0.25, 0.3) is 0 Å². The minimum absolute atomic E-state index is 0.125. The van der Waals surface area contributed by atoms with Gasteiger partial charge in [-0.3, -0.25) is 4.79 Å². The molecule has 3 aromatic rings. The topological polar surface area (TPSA) is 89.3 Å². The first-order chi connectivity index (χ1) is 19.4. The monoisotopic (exact) mass is 566 g/mol. The van der Waals surface area contributed by atoms with Crippen molar-refractivity contribution in [3.05, 3.63) is 70.0 Å². The quantitative estimate of drug-likeness (QED) is 0.288. The molecule has 5 rings (SSSR count). The van der Waals surface area contributed by atoms with Gasteiger partial charge in [0.1, 0.15) is 5.82 Å². The van der Waals surface area contributed by atoms with Crippen LogP contribution in [0.2, 0.25) is 0 Å². The summed E-state index contributed by atoms with van der Waals surface area (Å²) in [4.78, 5) is 16.6. The number of ether oxygens (including phenoxy) is 1. The van der Waals surface area contributed by atoms with Crippen molar-refractivity contribution in [3.63, 3.8) is 0 Å². The Kier molecular flexibility index (Phi) is 8.08. The Morgan fingerprint density at radius 1 is 1.17 bits per heavy atom. The maximum absolute atomic E-state index is 14.1. The molecule has 0 saturated heterocycles. The van der Waals surface area contributed by atoms with Gasteiger partial charge in [-0.1, -0.05) is 45.0 Å². The number of hydrogen-bond acceptors (Lipinski definition) is 5. The highest BCUT2D eigenvalue weighted by molar-refractivity contribution is 5.68. The summed E-state index contributed by atoms with van der Waals surface area (Å²) in [6.07, 6.45) is 1.47. The van der Waals surface area contributed by atoms with E-state index in [1.165, 1.54) is 5.56 Å². The molecule has 1 atom stereocenters. The number of rotatable bonds is 11. The number of nitrogens with one attached hydrogen (secondary N) is 1. The Balaban J connectivity index is 1.33. The second-order valence-corrected chi connectivity index (χ2v) is 12.6. The molecule has 1 saturated carbocycles. The van der Waals surface area contributed by atoms with Crippen LogP contribution in [0.3, 0.4) is 0 Å². The van der Waals surface area contributed by atoms with Crippen LogP contribution >= 0.6 is 0 Å². The Morgan fingerprint density at radius 3 is 2.63 bits per heavy atom. The van der Waals surface area contributed by atoms with Gasteiger partial charge in [-0.15, -0.1) is 0 Å². The van der Waals surface area contributed by atoms with E-state index in [0.717, 1.165) is 42.0 Å². The summed E-state index contributed by atoms with van der Waals surface area (Å²) < 4.78 is 35.9. The van der Waals surface area contributed by atoms with E-state index in [2.05, 4.69) is 16.5 Å². The summed E-state index contributed by atoms with van der Waals surface area (Å²) in [6, 6.07) is 11.7. The van der Waals surface area contributed by atoms with Crippen LogP contribution in [-0.4, -0.2) is 45.4 Å². The summed E-state index contributed by atoms with van der Waals surface area (Å²) in [6.45, 7) is 7.50. The van der Waals surface area contributed by atoms with E-state index in [0.29, 0.717) is 49.4 Å². The van der Waals surface area contributed by atoms with Gasteiger partial charge in [-0.05, 0) is 71.8 Å². The normalized spacial score (nSPS) is 16.7. The molecule has 3 heterocycles. The van der Waals surface area contributed by atoms with Crippen LogP contribution in [0.25, 0.3) is 0 Å². The number of nitrogens with zero attached hydrogens (tertiary/aromatic N) is 3. The number of carboxylic acids is 1. The van der Waals surface area contributed by atoms with Gasteiger partial charge in [0.15, 0.2) is 0 Å². The molecular formula is C32H40F2N4O3. The second-order valence-electron chi connectivity index (χ2n) is 12.6. The van der Waals surface area contributed by atoms with Crippen molar-refractivity contribution >= 4 is 11.8 Å². The highest BCUT2D eigenvalue weighted by Crippen LogP contribution is 2.53. The van der Waals surface area contributed by atoms with Crippen LogP contribution in [0.5, 0.6) is 5.88 Å². The summed E-state index contributed by atoms with van der Waals surface area (Å²) in [5.41, 5.74) is 3.81. The fourth-order valence-electron chi connectivity index (χ4n) is 5.66. The first-order valence-electron chi connectivity index (χ1n) is 14.5. The van der Waals surface area contributed by atoms with Gasteiger partial charge >= 0.3 is 5.97 Å². The molecule has 0 amide bonds. The third kappa shape index (κ3) is 6.54. The Morgan fingerprint density at radius 2 is 1.95 bits per heavy atom. The number of aromatic nitrogens is 3. The molecule has 9 heteroatoms. The number of hydrogen-bond donors (Lipinski definition) is 2. The molecule has 7 nitrogen and oxygen atoms in total. The zero-order valence-electron chi connectivity index (χ0n) is 24.3. The first kappa shape index (κ1) is 29.0. The van der Waals surface area contributed by atoms with Crippen LogP contribution < -0.4 is 10.1 Å². The largest absolute Gasteiger partial charge is 0.481 e. The summed E-state index contributed by atoms with van der Waals surface area (Å²) in [7, 11) is 1.80. The Labute approximate surface area is 240 Å². The van der Waals surface area contributed by atoms with E-state index in [1.54, 1.807) is 11.7 Å². The zero-order chi connectivity index (χ0) is 29.4. The SMILES string of the molecule is Cn1nc(CC(CC(=O)O)c2cc(C(C)(C)C)cc(C3(C(F)F)CC3)c2)cc1OCCc1ccc2c(n1)NCCC2. The third-order valence-corrected chi connectivity index (χ3v) is 8.40. The lowest BCUT2D eigenvalue weighted by Crippen LogP contribution is -2.21. The summed E-state index contributed by atoms with van der Waals surface area (Å²) >= 11 is 0. The molecule has 0 radical (unpaired) electrons. The smallest absolute Gasteiger partial charge is 0.303 e. The molecule has 1 aliphatic heterocycles. The molecule has 41 heavy (non-hydrogen) atoms. The van der Waals surface area contributed by atoms with Crippen molar-refractivity contribution in [2.45, 2.75) is 88.9 Å². The van der Waals surface area contributed by atoms with Gasteiger partial charge in [-0.2, -0.15) is 5.10 Å². The average Bonchev–Trinajstić information content (AvgIpc) is 3.67. The molecule has 2 N–H and O–H groups in total. The number of aliphatic carboxylic acids is 1. The lowest BCUT2D eigenvalue weighted by Gasteiger charge is -2.26. The highest BCUT2D eigenvalue weighted by Gasteiger charge is 2.52. The molecule has 1 aliphatic carbocycles. The van der Waals surface area contributed by atoms with Crippen molar-refractivity contribution in [2.75, 3.05) is 18.5 Å². The van der Waals surface area contributed by atoms with Crippen molar-refractivity contribution in [3.8, 4) is 5.88 Å². The zero-order valence-corrected chi connectivity index (χ0v) is 24.3. The first-order valence-corrected chi connectivity index (χ1v) is 14.5. The van der Waals surface area contributed by atoms with E-state index >= 15 is 0 Å². The Bertz CT molecular complexity index is 1410. The van der Waals surface area contributed by atoms with Crippen molar-refractivity contribution in [1.82, 2.24) is 14.8 Å². The summed E-state index contributed by atoms with van der Waals surface area (Å²) in [5.74, 6) is 0.189. The number of benzene rings is 1. The molecule has 0 spiro atoms. The fraction of sp³-hybridized carbons (Fsp3) is 0.531. The maximum Gasteiger partial charge on any atom is 0.303 e. The van der Waals surface area contributed by atoms with Crippen LogP contribution in [0.1, 0.15) is 86.0 Å². The van der Waals surface area contributed by atoms with Gasteiger partial charge in [0.05, 0.1) is 24.1 Å². The third-order valence-electron chi connectivity index (χ3n) is 8.40. The Hall–Kier alpha value is -3.49. The number of fused-ring (bicyclic) bond motifs is 1. The molecule has 0 bridgehead atoms. The van der Waals surface area contributed by atoms with Crippen LogP contribution in [0, 0.1) is 0 Å². The molecular weight excluding hydrogens is 526 g/mol. The fourth-order valence-corrected chi connectivity index (χ4v) is 5.66. The number of carboxylic acid groups (broad SMARTS) is 1. The van der Waals surface area contributed by atoms with Gasteiger partial charge in [0, 0.05) is 31.8 Å². The van der Waals surface area contributed by atoms with Gasteiger partial charge < -0.3 is 15.2 Å². The molecule has 1 unspecified atom stereocenters. The predicted molar refractivity (Wildman–Crippen MR) is 154 cm³/mol. The van der Waals surface area contributed by atoms with E-state index < -0.39 is 23.7 Å². The van der Waals surface area contributed by atoms with Gasteiger partial charge in [0.2, 0.25) is 12.3 Å². The molecule has 1 fully saturated rings. The highest BCUT2D eigenvalue weighted by atomic mass is 19.3. The number of halogens is 2. The van der Waals surface area contributed by atoms with E-state index in [9.17, 15) is 18.7 Å². The second kappa shape index (κ2) is 11.4. The number of alkyl halides is 2. The van der Waals surface area contributed by atoms with E-state index in [1.807, 2.05) is 51.1 Å². The summed E-state index contributed by atoms with van der Waals surface area (Å²) in [5, 5.41) is 17.7. The van der Waals surface area contributed by atoms with E-state index in [4.69, 9.17) is 9.72 Å². The van der Waals surface area contributed by atoms with Crippen LogP contribution in [0.15, 0.2) is 36.4 Å². The maximum atomic E-state index is 14.1. The molecule has 2 aliphatic rings. The van der Waals surface area contributed by atoms with E-state index in [-0.39, 0.29) is 11.8 Å².